The molecule has 1 nitrogen and oxygen atoms in total. The van der Waals surface area contributed by atoms with Crippen LogP contribution in [-0.2, 0) is 0 Å². The Balaban J connectivity index is 3.05. The number of hydrogen-bond donors (Lipinski definition) is 0. The third kappa shape index (κ3) is 13.6. The van der Waals surface area contributed by atoms with Crippen molar-refractivity contribution < 1.29 is 0 Å². The summed E-state index contributed by atoms with van der Waals surface area (Å²) in [5.74, 6) is 0.749. The van der Waals surface area contributed by atoms with Crippen molar-refractivity contribution in [1.29, 1.82) is 5.26 Å². The summed E-state index contributed by atoms with van der Waals surface area (Å²) in [6.07, 6.45) is 17.3. The van der Waals surface area contributed by atoms with Crippen LogP contribution in [0.4, 0.5) is 0 Å². The van der Waals surface area contributed by atoms with E-state index in [-0.39, 0.29) is 0 Å². The van der Waals surface area contributed by atoms with Crippen LogP contribution in [0.5, 0.6) is 0 Å². The van der Waals surface area contributed by atoms with Crippen molar-refractivity contribution in [2.24, 2.45) is 5.92 Å². The monoisotopic (exact) mass is 251 g/mol. The van der Waals surface area contributed by atoms with Crippen LogP contribution in [0.3, 0.4) is 0 Å². The van der Waals surface area contributed by atoms with E-state index >= 15 is 0 Å². The van der Waals surface area contributed by atoms with E-state index < -0.39 is 0 Å². The van der Waals surface area contributed by atoms with Gasteiger partial charge in [0.25, 0.3) is 0 Å². The highest BCUT2D eigenvalue weighted by molar-refractivity contribution is 4.70. The van der Waals surface area contributed by atoms with Crippen LogP contribution in [0, 0.1) is 17.2 Å². The fraction of sp³-hybridized carbons (Fsp3) is 0.941. The summed E-state index contributed by atoms with van der Waals surface area (Å²) >= 11 is 0. The molecule has 0 saturated heterocycles. The molecule has 0 N–H and O–H groups in total. The average Bonchev–Trinajstić information content (AvgIpc) is 2.38. The minimum Gasteiger partial charge on any atom is -0.198 e. The molecule has 0 aliphatic carbocycles. The zero-order chi connectivity index (χ0) is 13.5. The summed E-state index contributed by atoms with van der Waals surface area (Å²) in [4.78, 5) is 0. The number of hydrogen-bond acceptors (Lipinski definition) is 1. The maximum atomic E-state index is 8.51. The van der Waals surface area contributed by atoms with Gasteiger partial charge in [-0.25, -0.2) is 0 Å². The summed E-state index contributed by atoms with van der Waals surface area (Å²) in [6, 6.07) is 2.24. The molecule has 0 saturated carbocycles. The molecule has 0 aliphatic rings. The first-order chi connectivity index (χ1) is 8.81. The minimum absolute atomic E-state index is 0.735. The van der Waals surface area contributed by atoms with Crippen LogP contribution < -0.4 is 0 Å². The molecule has 0 aromatic rings. The predicted molar refractivity (Wildman–Crippen MR) is 80.5 cm³/mol. The predicted octanol–water partition coefficient (Wildman–Crippen LogP) is 6.24. The average molecular weight is 251 g/mol. The molecule has 0 bridgehead atoms. The van der Waals surface area contributed by atoms with Crippen LogP contribution in [0.25, 0.3) is 0 Å². The lowest BCUT2D eigenvalue weighted by atomic mass is 9.97. The van der Waals surface area contributed by atoms with E-state index in [0.717, 1.165) is 18.8 Å². The van der Waals surface area contributed by atoms with Crippen molar-refractivity contribution in [2.75, 3.05) is 0 Å². The molecule has 0 fully saturated rings. The number of unbranched alkanes of at least 4 members (excludes halogenated alkanes) is 9. The molecule has 0 radical (unpaired) electrons. The zero-order valence-electron chi connectivity index (χ0n) is 12.7. The molecule has 0 aliphatic heterocycles. The van der Waals surface area contributed by atoms with Gasteiger partial charge in [-0.05, 0) is 12.3 Å². The molecule has 0 aromatic carbocycles. The fourth-order valence-electron chi connectivity index (χ4n) is 2.44. The van der Waals surface area contributed by atoms with Gasteiger partial charge in [0.05, 0.1) is 6.07 Å². The van der Waals surface area contributed by atoms with Crippen molar-refractivity contribution in [3.05, 3.63) is 0 Å². The maximum absolute atomic E-state index is 8.51. The van der Waals surface area contributed by atoms with Crippen LogP contribution >= 0.6 is 0 Å². The first-order valence-corrected chi connectivity index (χ1v) is 8.18. The van der Waals surface area contributed by atoms with E-state index in [9.17, 15) is 0 Å². The topological polar surface area (TPSA) is 23.8 Å². The summed E-state index contributed by atoms with van der Waals surface area (Å²) in [5, 5.41) is 8.51. The normalized spacial score (nSPS) is 12.3. The van der Waals surface area contributed by atoms with Gasteiger partial charge in [-0.15, -0.1) is 0 Å². The number of nitrogens with zero attached hydrogens (tertiary/aromatic N) is 1. The van der Waals surface area contributed by atoms with E-state index in [4.69, 9.17) is 5.26 Å². The number of rotatable bonds is 13. The Hall–Kier alpha value is -0.510. The summed E-state index contributed by atoms with van der Waals surface area (Å²) < 4.78 is 0. The maximum Gasteiger partial charge on any atom is 0.0621 e. The van der Waals surface area contributed by atoms with Crippen molar-refractivity contribution in [1.82, 2.24) is 0 Å². The standard InChI is InChI=1S/C17H33N/c1-3-4-5-6-7-8-9-10-11-12-14-17(2)15-13-16-18/h17H,3-15H2,1-2H3/t17-/m1/s1. The van der Waals surface area contributed by atoms with Gasteiger partial charge in [0, 0.05) is 6.42 Å². The molecule has 0 amide bonds. The lowest BCUT2D eigenvalue weighted by Crippen LogP contribution is -1.94. The molecule has 0 heterocycles. The highest BCUT2D eigenvalue weighted by atomic mass is 14.2. The highest BCUT2D eigenvalue weighted by Gasteiger charge is 2.01. The summed E-state index contributed by atoms with van der Waals surface area (Å²) in [7, 11) is 0. The lowest BCUT2D eigenvalue weighted by Gasteiger charge is -2.08. The second-order valence-corrected chi connectivity index (χ2v) is 5.77. The zero-order valence-corrected chi connectivity index (χ0v) is 12.7. The highest BCUT2D eigenvalue weighted by Crippen LogP contribution is 2.16. The Bertz CT molecular complexity index is 192. The van der Waals surface area contributed by atoms with Crippen LogP contribution in [0.2, 0.25) is 0 Å². The fourth-order valence-corrected chi connectivity index (χ4v) is 2.44. The molecular formula is C17H33N. The lowest BCUT2D eigenvalue weighted by molar-refractivity contribution is 0.458. The van der Waals surface area contributed by atoms with Crippen molar-refractivity contribution in [2.45, 2.75) is 97.3 Å². The molecule has 0 spiro atoms. The summed E-state index contributed by atoms with van der Waals surface area (Å²) in [5.41, 5.74) is 0. The van der Waals surface area contributed by atoms with Crippen LogP contribution in [-0.4, -0.2) is 0 Å². The van der Waals surface area contributed by atoms with Gasteiger partial charge >= 0.3 is 0 Å². The first-order valence-electron chi connectivity index (χ1n) is 8.18. The Kier molecular flexibility index (Phi) is 14.1. The van der Waals surface area contributed by atoms with E-state index in [0.29, 0.717) is 0 Å². The van der Waals surface area contributed by atoms with E-state index in [1.54, 1.807) is 0 Å². The molecule has 1 atom stereocenters. The second-order valence-electron chi connectivity index (χ2n) is 5.77. The first kappa shape index (κ1) is 17.5. The molecule has 106 valence electrons. The Morgan fingerprint density at radius 1 is 0.778 bits per heavy atom. The quantitative estimate of drug-likeness (QED) is 0.355. The summed E-state index contributed by atoms with van der Waals surface area (Å²) in [6.45, 7) is 4.56. The Labute approximate surface area is 115 Å². The van der Waals surface area contributed by atoms with Crippen LogP contribution in [0.15, 0.2) is 0 Å². The largest absolute Gasteiger partial charge is 0.198 e. The van der Waals surface area contributed by atoms with Gasteiger partial charge in [0.1, 0.15) is 0 Å². The van der Waals surface area contributed by atoms with E-state index in [1.807, 2.05) is 0 Å². The second kappa shape index (κ2) is 14.6. The van der Waals surface area contributed by atoms with Crippen molar-refractivity contribution in [3.8, 4) is 6.07 Å². The Morgan fingerprint density at radius 2 is 1.28 bits per heavy atom. The molecule has 0 unspecified atom stereocenters. The van der Waals surface area contributed by atoms with Gasteiger partial charge in [-0.1, -0.05) is 84.5 Å². The van der Waals surface area contributed by atoms with E-state index in [2.05, 4.69) is 19.9 Å². The van der Waals surface area contributed by atoms with Gasteiger partial charge in [0.2, 0.25) is 0 Å². The smallest absolute Gasteiger partial charge is 0.0621 e. The van der Waals surface area contributed by atoms with Crippen molar-refractivity contribution >= 4 is 0 Å². The third-order valence-corrected chi connectivity index (χ3v) is 3.80. The molecule has 18 heavy (non-hydrogen) atoms. The Morgan fingerprint density at radius 3 is 1.78 bits per heavy atom. The van der Waals surface area contributed by atoms with Crippen molar-refractivity contribution in [3.63, 3.8) is 0 Å². The van der Waals surface area contributed by atoms with Gasteiger partial charge in [0.15, 0.2) is 0 Å². The van der Waals surface area contributed by atoms with E-state index in [1.165, 1.54) is 70.6 Å². The number of nitriles is 1. The van der Waals surface area contributed by atoms with Crippen LogP contribution in [0.1, 0.15) is 97.3 Å². The molecule has 1 heteroatoms. The van der Waals surface area contributed by atoms with Gasteiger partial charge in [-0.2, -0.15) is 5.26 Å². The van der Waals surface area contributed by atoms with Gasteiger partial charge < -0.3 is 0 Å². The SMILES string of the molecule is CCCCCCCCCCCC[C@@H](C)CCC#N. The minimum atomic E-state index is 0.735. The molecule has 0 rings (SSSR count). The molecular weight excluding hydrogens is 218 g/mol. The third-order valence-electron chi connectivity index (χ3n) is 3.80. The van der Waals surface area contributed by atoms with Gasteiger partial charge in [-0.3, -0.25) is 0 Å². The molecule has 0 aromatic heterocycles.